The van der Waals surface area contributed by atoms with Crippen LogP contribution in [0.2, 0.25) is 5.15 Å². The van der Waals surface area contributed by atoms with Gasteiger partial charge in [-0.3, -0.25) is 0 Å². The van der Waals surface area contributed by atoms with Crippen molar-refractivity contribution in [3.63, 3.8) is 0 Å². The molecule has 0 atom stereocenters. The minimum absolute atomic E-state index is 0.458. The van der Waals surface area contributed by atoms with E-state index >= 15 is 0 Å². The topological polar surface area (TPSA) is 25.8 Å². The van der Waals surface area contributed by atoms with Gasteiger partial charge >= 0.3 is 0 Å². The van der Waals surface area contributed by atoms with E-state index in [-0.39, 0.29) is 0 Å². The van der Waals surface area contributed by atoms with Crippen molar-refractivity contribution in [3.05, 3.63) is 45.9 Å². The highest BCUT2D eigenvalue weighted by Gasteiger charge is 2.12. The van der Waals surface area contributed by atoms with Crippen LogP contribution in [0.15, 0.2) is 30.3 Å². The Morgan fingerprint density at radius 3 is 2.44 bits per heavy atom. The number of fused-ring (bicyclic) bond motifs is 1. The van der Waals surface area contributed by atoms with Gasteiger partial charge in [-0.25, -0.2) is 0 Å². The normalized spacial score (nSPS) is 11.1. The van der Waals surface area contributed by atoms with E-state index < -0.39 is 0 Å². The summed E-state index contributed by atoms with van der Waals surface area (Å²) in [5.41, 5.74) is 2.20. The Morgan fingerprint density at radius 2 is 1.78 bits per heavy atom. The van der Waals surface area contributed by atoms with Crippen molar-refractivity contribution in [2.75, 3.05) is 0 Å². The summed E-state index contributed by atoms with van der Waals surface area (Å²) in [6.07, 6.45) is 0. The average molecular weight is 275 g/mol. The number of nitrogens with zero attached hydrogens (tertiary/aromatic N) is 2. The fraction of sp³-hybridized carbons (Fsp3) is 0.143. The molecule has 2 aromatic heterocycles. The van der Waals surface area contributed by atoms with Crippen molar-refractivity contribution in [3.8, 4) is 10.6 Å². The van der Waals surface area contributed by atoms with Gasteiger partial charge in [0.05, 0.1) is 4.88 Å². The molecule has 2 nitrogen and oxygen atoms in total. The van der Waals surface area contributed by atoms with Gasteiger partial charge in [0.2, 0.25) is 0 Å². The van der Waals surface area contributed by atoms with E-state index in [4.69, 9.17) is 11.6 Å². The van der Waals surface area contributed by atoms with Crippen LogP contribution in [-0.4, -0.2) is 10.2 Å². The van der Waals surface area contributed by atoms with Crippen LogP contribution < -0.4 is 0 Å². The van der Waals surface area contributed by atoms with Crippen molar-refractivity contribution >= 4 is 33.7 Å². The van der Waals surface area contributed by atoms with Gasteiger partial charge in [0, 0.05) is 15.6 Å². The highest BCUT2D eigenvalue weighted by atomic mass is 35.5. The van der Waals surface area contributed by atoms with Gasteiger partial charge in [0.15, 0.2) is 5.15 Å². The third kappa shape index (κ3) is 1.80. The van der Waals surface area contributed by atoms with Crippen LogP contribution in [0, 0.1) is 13.8 Å². The second-order valence-corrected chi connectivity index (χ2v) is 5.85. The molecule has 3 aromatic rings. The summed E-state index contributed by atoms with van der Waals surface area (Å²) in [5, 5.41) is 10.8. The zero-order valence-corrected chi connectivity index (χ0v) is 11.6. The molecule has 90 valence electrons. The maximum atomic E-state index is 6.08. The molecule has 0 radical (unpaired) electrons. The first kappa shape index (κ1) is 11.6. The molecule has 0 amide bonds. The van der Waals surface area contributed by atoms with E-state index in [1.165, 1.54) is 10.4 Å². The molecule has 0 aliphatic heterocycles. The molecule has 2 heterocycles. The molecule has 0 unspecified atom stereocenters. The molecule has 0 saturated heterocycles. The molecule has 0 aliphatic rings. The lowest BCUT2D eigenvalue weighted by atomic mass is 10.1. The van der Waals surface area contributed by atoms with Gasteiger partial charge < -0.3 is 0 Å². The Morgan fingerprint density at radius 1 is 1.06 bits per heavy atom. The van der Waals surface area contributed by atoms with E-state index in [0.29, 0.717) is 5.15 Å². The van der Waals surface area contributed by atoms with Crippen molar-refractivity contribution in [2.24, 2.45) is 0 Å². The Labute approximate surface area is 114 Å². The number of hydrogen-bond acceptors (Lipinski definition) is 3. The van der Waals surface area contributed by atoms with Crippen LogP contribution in [0.3, 0.4) is 0 Å². The highest BCUT2D eigenvalue weighted by Crippen LogP contribution is 2.34. The third-order valence-corrected chi connectivity index (χ3v) is 4.48. The first-order chi connectivity index (χ1) is 8.66. The highest BCUT2D eigenvalue weighted by molar-refractivity contribution is 7.15. The van der Waals surface area contributed by atoms with Gasteiger partial charge in [-0.1, -0.05) is 35.9 Å². The SMILES string of the molecule is Cc1cc(-c2nnc(Cl)c3ccccc23)sc1C. The summed E-state index contributed by atoms with van der Waals surface area (Å²) in [5.74, 6) is 0. The quantitative estimate of drug-likeness (QED) is 0.647. The summed E-state index contributed by atoms with van der Waals surface area (Å²) >= 11 is 7.83. The Balaban J connectivity index is 2.33. The standard InChI is InChI=1S/C14H11ClN2S/c1-8-7-12(18-9(8)2)13-10-5-3-4-6-11(10)14(15)17-16-13/h3-7H,1-2H3. The zero-order valence-electron chi connectivity index (χ0n) is 10.1. The predicted molar refractivity (Wildman–Crippen MR) is 77.3 cm³/mol. The van der Waals surface area contributed by atoms with Gasteiger partial charge in [-0.15, -0.1) is 21.5 Å². The Hall–Kier alpha value is -1.45. The molecule has 3 rings (SSSR count). The number of aromatic nitrogens is 2. The first-order valence-corrected chi connectivity index (χ1v) is 6.84. The molecule has 4 heteroatoms. The first-order valence-electron chi connectivity index (χ1n) is 5.65. The van der Waals surface area contributed by atoms with Gasteiger partial charge in [0.25, 0.3) is 0 Å². The second-order valence-electron chi connectivity index (χ2n) is 4.23. The fourth-order valence-corrected chi connectivity index (χ4v) is 3.18. The summed E-state index contributed by atoms with van der Waals surface area (Å²) in [6, 6.07) is 10.1. The van der Waals surface area contributed by atoms with Crippen molar-refractivity contribution in [1.29, 1.82) is 0 Å². The molecular formula is C14H11ClN2S. The van der Waals surface area contributed by atoms with Crippen LogP contribution in [-0.2, 0) is 0 Å². The fourth-order valence-electron chi connectivity index (χ4n) is 1.94. The Bertz CT molecular complexity index is 714. The molecule has 0 bridgehead atoms. The molecule has 18 heavy (non-hydrogen) atoms. The number of thiophene rings is 1. The number of benzene rings is 1. The van der Waals surface area contributed by atoms with Crippen LogP contribution in [0.5, 0.6) is 0 Å². The van der Waals surface area contributed by atoms with Gasteiger partial charge in [-0.2, -0.15) is 0 Å². The van der Waals surface area contributed by atoms with Gasteiger partial charge in [0.1, 0.15) is 5.69 Å². The largest absolute Gasteiger partial charge is 0.159 e. The number of halogens is 1. The third-order valence-electron chi connectivity index (χ3n) is 3.04. The number of aryl methyl sites for hydroxylation is 2. The maximum absolute atomic E-state index is 6.08. The molecule has 0 spiro atoms. The molecule has 0 N–H and O–H groups in total. The van der Waals surface area contributed by atoms with E-state index in [0.717, 1.165) is 21.3 Å². The molecule has 0 saturated carbocycles. The zero-order chi connectivity index (χ0) is 12.7. The van der Waals surface area contributed by atoms with Crippen LogP contribution in [0.25, 0.3) is 21.3 Å². The van der Waals surface area contributed by atoms with Crippen LogP contribution >= 0.6 is 22.9 Å². The van der Waals surface area contributed by atoms with Crippen LogP contribution in [0.1, 0.15) is 10.4 Å². The lowest BCUT2D eigenvalue weighted by Gasteiger charge is -2.03. The molecule has 1 aromatic carbocycles. The van der Waals surface area contributed by atoms with Gasteiger partial charge in [-0.05, 0) is 25.5 Å². The van der Waals surface area contributed by atoms with E-state index in [2.05, 4.69) is 30.1 Å². The van der Waals surface area contributed by atoms with Crippen LogP contribution in [0.4, 0.5) is 0 Å². The number of rotatable bonds is 1. The number of hydrogen-bond donors (Lipinski definition) is 0. The lowest BCUT2D eigenvalue weighted by Crippen LogP contribution is -1.89. The minimum atomic E-state index is 0.458. The second kappa shape index (κ2) is 4.34. The summed E-state index contributed by atoms with van der Waals surface area (Å²) < 4.78 is 0. The lowest BCUT2D eigenvalue weighted by molar-refractivity contribution is 1.06. The van der Waals surface area contributed by atoms with Crippen molar-refractivity contribution in [1.82, 2.24) is 10.2 Å². The maximum Gasteiger partial charge on any atom is 0.159 e. The Kier molecular flexibility index (Phi) is 2.80. The molecule has 0 fully saturated rings. The molecular weight excluding hydrogens is 264 g/mol. The smallest absolute Gasteiger partial charge is 0.147 e. The minimum Gasteiger partial charge on any atom is -0.147 e. The molecule has 0 aliphatic carbocycles. The summed E-state index contributed by atoms with van der Waals surface area (Å²) in [7, 11) is 0. The van der Waals surface area contributed by atoms with Crippen molar-refractivity contribution in [2.45, 2.75) is 13.8 Å². The van der Waals surface area contributed by atoms with E-state index in [9.17, 15) is 0 Å². The average Bonchev–Trinajstić information content (AvgIpc) is 2.70. The monoisotopic (exact) mass is 274 g/mol. The van der Waals surface area contributed by atoms with Crippen molar-refractivity contribution < 1.29 is 0 Å². The predicted octanol–water partition coefficient (Wildman–Crippen LogP) is 4.63. The summed E-state index contributed by atoms with van der Waals surface area (Å²) in [4.78, 5) is 2.45. The summed E-state index contributed by atoms with van der Waals surface area (Å²) in [6.45, 7) is 4.23. The van der Waals surface area contributed by atoms with E-state index in [1.54, 1.807) is 11.3 Å². The van der Waals surface area contributed by atoms with E-state index in [1.807, 2.05) is 24.3 Å².